The van der Waals surface area contributed by atoms with Gasteiger partial charge >= 0.3 is 60.2 Å². The summed E-state index contributed by atoms with van der Waals surface area (Å²) in [4.78, 5) is 93.8. The van der Waals surface area contributed by atoms with Gasteiger partial charge in [0.2, 0.25) is 32.6 Å². The maximum absolute atomic E-state index is 12.3. The van der Waals surface area contributed by atoms with Crippen molar-refractivity contribution in [3.63, 3.8) is 0 Å². The minimum absolute atomic E-state index is 0.000165. The topological polar surface area (TPSA) is 496 Å². The van der Waals surface area contributed by atoms with Crippen LogP contribution in [-0.4, -0.2) is 317 Å². The van der Waals surface area contributed by atoms with Crippen molar-refractivity contribution in [2.75, 3.05) is 136 Å². The van der Waals surface area contributed by atoms with Gasteiger partial charge in [0.25, 0.3) is 0 Å². The van der Waals surface area contributed by atoms with Crippen molar-refractivity contribution in [2.24, 2.45) is 57.0 Å². The molecule has 0 aromatic carbocycles. The maximum atomic E-state index is 12.3. The normalized spacial score (nSPS) is 25.9. The average molecular weight is 2070 g/mol. The number of nitrogens with zero attached hydrogens (tertiary/aromatic N) is 2. The van der Waals surface area contributed by atoms with Crippen molar-refractivity contribution in [1.29, 1.82) is 0 Å². The van der Waals surface area contributed by atoms with Crippen LogP contribution in [-0.2, 0) is 159 Å². The highest BCUT2D eigenvalue weighted by molar-refractivity contribution is 7.91. The number of amides is 1. The number of nitrogens with two attached hydrogens (primary N) is 1. The number of alkyl halides is 6. The van der Waals surface area contributed by atoms with Crippen LogP contribution in [0, 0.1) is 51.2 Å². The number of rotatable bonds is 40. The Hall–Kier alpha value is -5.62. The van der Waals surface area contributed by atoms with Crippen LogP contribution in [0.3, 0.4) is 0 Å². The number of sulfonamides is 2. The van der Waals surface area contributed by atoms with E-state index in [0.717, 1.165) is 51.4 Å². The lowest BCUT2D eigenvalue weighted by atomic mass is 9.52. The molecule has 10 rings (SSSR count). The van der Waals surface area contributed by atoms with Crippen molar-refractivity contribution in [2.45, 2.75) is 325 Å². The number of fused-ring (bicyclic) bond motifs is 6. The molecule has 4 bridgehead atoms. The largest absolute Gasteiger partial charge is 0.465 e. The van der Waals surface area contributed by atoms with Gasteiger partial charge in [0, 0.05) is 46.7 Å². The highest BCUT2D eigenvalue weighted by Crippen LogP contribution is 2.60. The van der Waals surface area contributed by atoms with Gasteiger partial charge in [-0.2, -0.15) is 26.3 Å². The average Bonchev–Trinajstić information content (AvgIpc) is 1.37. The summed E-state index contributed by atoms with van der Waals surface area (Å²) in [5.41, 5.74) is 1.01. The number of hydrogen-bond acceptors (Lipinski definition) is 36. The van der Waals surface area contributed by atoms with Gasteiger partial charge in [-0.1, -0.05) is 69.2 Å². The third-order valence-electron chi connectivity index (χ3n) is 24.9. The monoisotopic (exact) mass is 2070 g/mol. The molecule has 802 valence electrons. The fraction of sp³-hybridized carbons (Fsp3) is 0.909. The molecule has 6 heterocycles. The molecule has 4 N–H and O–H groups in total. The van der Waals surface area contributed by atoms with E-state index >= 15 is 0 Å². The van der Waals surface area contributed by atoms with Crippen LogP contribution >= 0.6 is 0 Å². The lowest BCUT2D eigenvalue weighted by molar-refractivity contribution is -0.316. The van der Waals surface area contributed by atoms with Gasteiger partial charge in [-0.25, -0.2) is 47.1 Å². The highest BCUT2D eigenvalue weighted by atomic mass is 32.2. The van der Waals surface area contributed by atoms with E-state index in [0.29, 0.717) is 70.0 Å². The van der Waals surface area contributed by atoms with Gasteiger partial charge in [-0.05, 0) is 171 Å². The second-order valence-electron chi connectivity index (χ2n) is 39.3. The zero-order valence-corrected chi connectivity index (χ0v) is 87.3. The van der Waals surface area contributed by atoms with Crippen molar-refractivity contribution in [3.8, 4) is 0 Å². The molecule has 6 saturated heterocycles. The van der Waals surface area contributed by atoms with Crippen LogP contribution < -0.4 is 16.4 Å². The first-order valence-electron chi connectivity index (χ1n) is 46.3. The van der Waals surface area contributed by atoms with Crippen LogP contribution in [0.25, 0.3) is 0 Å². The van der Waals surface area contributed by atoms with E-state index < -0.39 is 157 Å². The second-order valence-corrected chi connectivity index (χ2v) is 48.0. The lowest BCUT2D eigenvalue weighted by Crippen LogP contribution is -2.62. The number of nitrogens with one attached hydrogen (secondary N) is 2. The Morgan fingerprint density at radius 2 is 0.803 bits per heavy atom. The van der Waals surface area contributed by atoms with E-state index in [2.05, 4.69) is 10.6 Å². The molecule has 15 unspecified atom stereocenters. The van der Waals surface area contributed by atoms with Crippen molar-refractivity contribution in [1.82, 2.24) is 19.2 Å². The number of carbonyl (C=O) groups is 8. The zero-order chi connectivity index (χ0) is 105. The fourth-order valence-electron chi connectivity index (χ4n) is 14.3. The second kappa shape index (κ2) is 54.9. The molecule has 4 aliphatic carbocycles. The van der Waals surface area contributed by atoms with Crippen LogP contribution in [0.15, 0.2) is 0 Å². The summed E-state index contributed by atoms with van der Waals surface area (Å²) in [5, 5.41) is 4.79. The van der Waals surface area contributed by atoms with E-state index in [1.165, 1.54) is 36.8 Å². The Bertz CT molecular complexity index is 4270. The van der Waals surface area contributed by atoms with Crippen LogP contribution in [0.2, 0.25) is 0 Å². The summed E-state index contributed by atoms with van der Waals surface area (Å²) in [6.07, 6.45) is -3.61. The minimum Gasteiger partial charge on any atom is -0.465 e. The van der Waals surface area contributed by atoms with E-state index in [1.54, 1.807) is 48.5 Å². The standard InChI is InChI=1S/C16H25NO4.C14H22O7.C13H24F3NO4S.C13H20O7.C11H20F3NO4S.C11H23NO4S.C10H21NO4S/c1-3-10(2)13(18)20-15-5-11-4-12(6-15)8-16(7-11,9-15)21-14(17)19;1-4-14(2,3)13(15)21-12-11-10(18-7-19-11)9-8(20-12)5-16-6-17-9;1-6-11(2,3)10(18)21-7-12(4,5)17-9-22(19,20)8-13(14,15)16;1-3-7(2)12(14)20-13-11-10(17-6-18-11)9-8(19-13)4-15-5-16-9;1-4-10(2,3)9(16)19-6-5-15-8-20(17,18)7-11(12,13)14;1-6-11(2,3)10(13)16-8-7-9-17(14,15)12(4)5;1-5-9(2)10(12)15-7-6-8-16(13,14)11(3)4/h10-12H,3-9H2,1-2H3,(H2,17,19);8-12H,4-7H2,1-3H3;17H,6-9H2,1-5H3;7-11,13H,3-6H2,1-2H3;15H,4-8H2,1-3H3;6-9H2,1-5H3;9H,5-8H2,1-4H3. The molecule has 49 heteroatoms. The number of hydrogen-bond donors (Lipinski definition) is 3. The van der Waals surface area contributed by atoms with Gasteiger partial charge < -0.3 is 96.3 Å². The Morgan fingerprint density at radius 3 is 1.20 bits per heavy atom. The van der Waals surface area contributed by atoms with E-state index in [-0.39, 0.29) is 156 Å². The van der Waals surface area contributed by atoms with Gasteiger partial charge in [-0.15, -0.1) is 0 Å². The SMILES string of the molecule is CCC(C)(C)C(=O)OC1OC2COCOC2C2OCOC12.CCC(C)(C)C(=O)OCC(C)(C)NCS(=O)(=O)CC(F)(F)F.CCC(C)(C)C(=O)OCCCS(=O)(=O)N(C)C.CCC(C)(C)C(=O)OCCNCS(=O)(=O)CC(F)(F)F.CCC(C)C(=O)OC12CC3CC(CC(OC(N)=O)(C3)C1)C2.CCC(C)C(=O)OC1OC2COCOC2C2OCOC12.CCC(C)C(=O)OCCCS(=O)(=O)N(C)C. The molecule has 0 aromatic heterocycles. The molecule has 0 radical (unpaired) electrons. The third-order valence-corrected chi connectivity index (χ3v) is 31.5. The minimum atomic E-state index is -4.78. The molecule has 10 aliphatic rings. The Morgan fingerprint density at radius 1 is 0.445 bits per heavy atom. The van der Waals surface area contributed by atoms with E-state index in [9.17, 15) is 98.4 Å². The predicted molar refractivity (Wildman–Crippen MR) is 484 cm³/mol. The molecule has 10 fully saturated rings. The van der Waals surface area contributed by atoms with Crippen LogP contribution in [0.1, 0.15) is 235 Å². The third kappa shape index (κ3) is 42.7. The molecule has 39 nitrogen and oxygen atoms in total. The summed E-state index contributed by atoms with van der Waals surface area (Å²) in [5.74, 6) is -6.91. The molecule has 0 spiro atoms. The number of halogens is 6. The molecule has 15 atom stereocenters. The quantitative estimate of drug-likeness (QED) is 0.0222. The van der Waals surface area contributed by atoms with Crippen molar-refractivity contribution in [3.05, 3.63) is 0 Å². The predicted octanol–water partition coefficient (Wildman–Crippen LogP) is 9.85. The first kappa shape index (κ1) is 126. The molecule has 6 aliphatic heterocycles. The molecule has 4 saturated carbocycles. The number of primary amides is 1. The van der Waals surface area contributed by atoms with E-state index in [4.69, 9.17) is 91.0 Å². The number of sulfone groups is 2. The lowest BCUT2D eigenvalue weighted by Gasteiger charge is -2.60. The number of esters is 7. The van der Waals surface area contributed by atoms with Gasteiger partial charge in [0.05, 0.1) is 83.2 Å². The van der Waals surface area contributed by atoms with Crippen molar-refractivity contribution < 1.29 is 184 Å². The number of carbonyl (C=O) groups excluding carboxylic acids is 8. The summed E-state index contributed by atoms with van der Waals surface area (Å²) in [7, 11) is -9.00. The molecule has 0 aromatic rings. The Kier molecular flexibility index (Phi) is 50.3. The highest BCUT2D eigenvalue weighted by Gasteiger charge is 2.62. The van der Waals surface area contributed by atoms with Gasteiger partial charge in [0.15, 0.2) is 31.9 Å². The first-order chi connectivity index (χ1) is 63.0. The van der Waals surface area contributed by atoms with Crippen molar-refractivity contribution >= 4 is 87.6 Å². The summed E-state index contributed by atoms with van der Waals surface area (Å²) < 4.78 is 262. The zero-order valence-electron chi connectivity index (χ0n) is 84.0. The van der Waals surface area contributed by atoms with Crippen LogP contribution in [0.5, 0.6) is 0 Å². The first-order valence-corrected chi connectivity index (χ1v) is 53.2. The van der Waals surface area contributed by atoms with Crippen LogP contribution in [0.4, 0.5) is 31.1 Å². The fourth-order valence-corrected chi connectivity index (χ4v) is 18.3. The molecular weight excluding hydrogens is 1910 g/mol. The summed E-state index contributed by atoms with van der Waals surface area (Å²) in [6, 6.07) is 0. The molecular formula is C88H155F6N5O34S4. The Balaban J connectivity index is 0.000000412. The van der Waals surface area contributed by atoms with Gasteiger partial charge in [-0.3, -0.25) is 38.9 Å². The van der Waals surface area contributed by atoms with E-state index in [1.807, 2.05) is 90.0 Å². The molecule has 1 amide bonds. The number of ether oxygens (including phenoxy) is 18. The smallest absolute Gasteiger partial charge is 0.405 e. The summed E-state index contributed by atoms with van der Waals surface area (Å²) >= 11 is 0. The van der Waals surface area contributed by atoms with Gasteiger partial charge in [0.1, 0.15) is 106 Å². The molecule has 137 heavy (non-hydrogen) atoms. The Labute approximate surface area is 805 Å². The summed E-state index contributed by atoms with van der Waals surface area (Å²) in [6.45, 7) is 37.7. The maximum Gasteiger partial charge on any atom is 0.405 e.